The Labute approximate surface area is 116 Å². The Morgan fingerprint density at radius 1 is 1.16 bits per heavy atom. The number of carbonyl (C=O) groups excluding carboxylic acids is 1. The standard InChI is InChI=1S/C17H25NO/c1-17(2,15-11-7-4-8-12-15)13-18-16(19)14-9-5-3-6-10-14/h4,7-8,11-12,14H,3,5-6,9-10,13H2,1-2H3,(H,18,19). The Balaban J connectivity index is 1.88. The Morgan fingerprint density at radius 3 is 2.42 bits per heavy atom. The second-order valence-electron chi connectivity index (χ2n) is 6.30. The smallest absolute Gasteiger partial charge is 0.223 e. The second kappa shape index (κ2) is 6.23. The zero-order valence-corrected chi connectivity index (χ0v) is 12.1. The highest BCUT2D eigenvalue weighted by Crippen LogP contribution is 2.25. The molecule has 0 aromatic heterocycles. The van der Waals surface area contributed by atoms with Gasteiger partial charge in [0.2, 0.25) is 5.91 Å². The number of nitrogens with one attached hydrogen (secondary N) is 1. The lowest BCUT2D eigenvalue weighted by molar-refractivity contribution is -0.126. The number of amides is 1. The average Bonchev–Trinajstić information content (AvgIpc) is 2.47. The lowest BCUT2D eigenvalue weighted by Crippen LogP contribution is -2.40. The second-order valence-corrected chi connectivity index (χ2v) is 6.30. The number of benzene rings is 1. The van der Waals surface area contributed by atoms with Gasteiger partial charge >= 0.3 is 0 Å². The van der Waals surface area contributed by atoms with E-state index in [2.05, 4.69) is 43.4 Å². The Bertz CT molecular complexity index is 405. The summed E-state index contributed by atoms with van der Waals surface area (Å²) < 4.78 is 0. The van der Waals surface area contributed by atoms with Crippen LogP contribution in [0.5, 0.6) is 0 Å². The maximum Gasteiger partial charge on any atom is 0.223 e. The van der Waals surface area contributed by atoms with Crippen molar-refractivity contribution < 1.29 is 4.79 Å². The Morgan fingerprint density at radius 2 is 1.79 bits per heavy atom. The summed E-state index contributed by atoms with van der Waals surface area (Å²) in [6.45, 7) is 5.08. The number of hydrogen-bond acceptors (Lipinski definition) is 1. The average molecular weight is 259 g/mol. The highest BCUT2D eigenvalue weighted by atomic mass is 16.1. The fraction of sp³-hybridized carbons (Fsp3) is 0.588. The van der Waals surface area contributed by atoms with Crippen LogP contribution in [0.15, 0.2) is 30.3 Å². The Hall–Kier alpha value is -1.31. The fourth-order valence-corrected chi connectivity index (χ4v) is 2.81. The fourth-order valence-electron chi connectivity index (χ4n) is 2.81. The summed E-state index contributed by atoms with van der Waals surface area (Å²) in [5.74, 6) is 0.504. The van der Waals surface area contributed by atoms with E-state index >= 15 is 0 Å². The molecule has 0 spiro atoms. The van der Waals surface area contributed by atoms with Gasteiger partial charge in [0, 0.05) is 17.9 Å². The van der Waals surface area contributed by atoms with Crippen molar-refractivity contribution in [3.8, 4) is 0 Å². The number of rotatable bonds is 4. The first-order valence-corrected chi connectivity index (χ1v) is 7.43. The van der Waals surface area contributed by atoms with Gasteiger partial charge in [-0.2, -0.15) is 0 Å². The molecule has 0 radical (unpaired) electrons. The largest absolute Gasteiger partial charge is 0.355 e. The third kappa shape index (κ3) is 3.82. The summed E-state index contributed by atoms with van der Waals surface area (Å²) in [7, 11) is 0. The summed E-state index contributed by atoms with van der Waals surface area (Å²) in [6, 6.07) is 10.4. The van der Waals surface area contributed by atoms with Crippen molar-refractivity contribution in [2.75, 3.05) is 6.54 Å². The summed E-state index contributed by atoms with van der Waals surface area (Å²) in [4.78, 5) is 12.2. The van der Waals surface area contributed by atoms with Crippen LogP contribution in [0.25, 0.3) is 0 Å². The van der Waals surface area contributed by atoms with Crippen LogP contribution in [0, 0.1) is 5.92 Å². The van der Waals surface area contributed by atoms with Gasteiger partial charge in [-0.1, -0.05) is 63.4 Å². The molecule has 1 amide bonds. The van der Waals surface area contributed by atoms with Crippen LogP contribution < -0.4 is 5.32 Å². The van der Waals surface area contributed by atoms with Crippen molar-refractivity contribution in [2.24, 2.45) is 5.92 Å². The predicted molar refractivity (Wildman–Crippen MR) is 79.1 cm³/mol. The van der Waals surface area contributed by atoms with Gasteiger partial charge in [0.15, 0.2) is 0 Å². The zero-order valence-electron chi connectivity index (χ0n) is 12.1. The van der Waals surface area contributed by atoms with Crippen molar-refractivity contribution in [3.63, 3.8) is 0 Å². The van der Waals surface area contributed by atoms with Crippen LogP contribution in [0.4, 0.5) is 0 Å². The molecule has 1 aliphatic carbocycles. The molecule has 0 heterocycles. The zero-order chi connectivity index (χ0) is 13.7. The lowest BCUT2D eigenvalue weighted by Gasteiger charge is -2.28. The summed E-state index contributed by atoms with van der Waals surface area (Å²) >= 11 is 0. The van der Waals surface area contributed by atoms with Gasteiger partial charge in [-0.25, -0.2) is 0 Å². The van der Waals surface area contributed by atoms with E-state index in [1.165, 1.54) is 24.8 Å². The highest BCUT2D eigenvalue weighted by Gasteiger charge is 2.25. The van der Waals surface area contributed by atoms with Gasteiger partial charge in [0.05, 0.1) is 0 Å². The maximum absolute atomic E-state index is 12.2. The van der Waals surface area contributed by atoms with E-state index < -0.39 is 0 Å². The van der Waals surface area contributed by atoms with Crippen molar-refractivity contribution in [1.82, 2.24) is 5.32 Å². The van der Waals surface area contributed by atoms with E-state index in [-0.39, 0.29) is 17.2 Å². The van der Waals surface area contributed by atoms with Crippen LogP contribution in [0.2, 0.25) is 0 Å². The molecular formula is C17H25NO. The molecule has 2 rings (SSSR count). The first-order valence-electron chi connectivity index (χ1n) is 7.43. The van der Waals surface area contributed by atoms with E-state index in [4.69, 9.17) is 0 Å². The maximum atomic E-state index is 12.2. The molecule has 2 nitrogen and oxygen atoms in total. The summed E-state index contributed by atoms with van der Waals surface area (Å²) in [5, 5.41) is 3.15. The first kappa shape index (κ1) is 14.1. The highest BCUT2D eigenvalue weighted by molar-refractivity contribution is 5.78. The molecule has 0 bridgehead atoms. The lowest BCUT2D eigenvalue weighted by atomic mass is 9.84. The molecule has 1 aromatic carbocycles. The molecule has 1 aromatic rings. The first-order chi connectivity index (χ1) is 9.09. The van der Waals surface area contributed by atoms with Crippen LogP contribution in [-0.2, 0) is 10.2 Å². The molecule has 0 saturated heterocycles. The van der Waals surface area contributed by atoms with Gasteiger partial charge < -0.3 is 5.32 Å². The molecule has 0 atom stereocenters. The van der Waals surface area contributed by atoms with Crippen molar-refractivity contribution in [1.29, 1.82) is 0 Å². The van der Waals surface area contributed by atoms with Gasteiger partial charge in [0.1, 0.15) is 0 Å². The Kier molecular flexibility index (Phi) is 4.62. The molecule has 0 aliphatic heterocycles. The van der Waals surface area contributed by atoms with Crippen LogP contribution in [0.1, 0.15) is 51.5 Å². The van der Waals surface area contributed by atoms with Crippen molar-refractivity contribution in [2.45, 2.75) is 51.4 Å². The molecule has 1 aliphatic rings. The van der Waals surface area contributed by atoms with E-state index in [1.807, 2.05) is 6.07 Å². The topological polar surface area (TPSA) is 29.1 Å². The van der Waals surface area contributed by atoms with E-state index in [9.17, 15) is 4.79 Å². The van der Waals surface area contributed by atoms with E-state index in [0.717, 1.165) is 12.8 Å². The summed E-state index contributed by atoms with van der Waals surface area (Å²) in [5.41, 5.74) is 1.27. The number of carbonyl (C=O) groups is 1. The third-order valence-corrected chi connectivity index (χ3v) is 4.24. The molecule has 1 N–H and O–H groups in total. The van der Waals surface area contributed by atoms with E-state index in [1.54, 1.807) is 0 Å². The number of hydrogen-bond donors (Lipinski definition) is 1. The third-order valence-electron chi connectivity index (χ3n) is 4.24. The van der Waals surface area contributed by atoms with Gasteiger partial charge in [-0.3, -0.25) is 4.79 Å². The van der Waals surface area contributed by atoms with Crippen LogP contribution in [-0.4, -0.2) is 12.5 Å². The van der Waals surface area contributed by atoms with Gasteiger partial charge in [0.25, 0.3) is 0 Å². The van der Waals surface area contributed by atoms with Gasteiger partial charge in [-0.05, 0) is 18.4 Å². The molecule has 104 valence electrons. The van der Waals surface area contributed by atoms with Gasteiger partial charge in [-0.15, -0.1) is 0 Å². The van der Waals surface area contributed by atoms with Crippen molar-refractivity contribution in [3.05, 3.63) is 35.9 Å². The van der Waals surface area contributed by atoms with Crippen LogP contribution in [0.3, 0.4) is 0 Å². The SMILES string of the molecule is CC(C)(CNC(=O)C1CCCCC1)c1ccccc1. The molecular weight excluding hydrogens is 234 g/mol. The molecule has 0 unspecified atom stereocenters. The predicted octanol–water partition coefficient (Wildman–Crippen LogP) is 3.66. The van der Waals surface area contributed by atoms with E-state index in [0.29, 0.717) is 6.54 Å². The molecule has 1 saturated carbocycles. The quantitative estimate of drug-likeness (QED) is 0.878. The molecule has 2 heteroatoms. The molecule has 1 fully saturated rings. The summed E-state index contributed by atoms with van der Waals surface area (Å²) in [6.07, 6.45) is 5.84. The monoisotopic (exact) mass is 259 g/mol. The van der Waals surface area contributed by atoms with Crippen LogP contribution >= 0.6 is 0 Å². The van der Waals surface area contributed by atoms with Crippen molar-refractivity contribution >= 4 is 5.91 Å². The molecule has 19 heavy (non-hydrogen) atoms. The normalized spacial score (nSPS) is 17.2. The minimum atomic E-state index is -0.00835. The minimum Gasteiger partial charge on any atom is -0.355 e. The minimum absolute atomic E-state index is 0.00835.